The molecular weight excluding hydrogens is 496 g/mol. The summed E-state index contributed by atoms with van der Waals surface area (Å²) in [5.41, 5.74) is 7.98. The first-order chi connectivity index (χ1) is 18.3. The minimum absolute atomic E-state index is 0.0715. The molecule has 0 radical (unpaired) electrons. The number of amides is 1. The second-order valence-electron chi connectivity index (χ2n) is 10.7. The average molecular weight is 527 g/mol. The predicted molar refractivity (Wildman–Crippen MR) is 149 cm³/mol. The van der Waals surface area contributed by atoms with Gasteiger partial charge in [-0.05, 0) is 30.2 Å². The molecule has 38 heavy (non-hydrogen) atoms. The van der Waals surface area contributed by atoms with E-state index in [0.29, 0.717) is 11.4 Å². The Balaban J connectivity index is 1.23. The topological polar surface area (TPSA) is 113 Å². The number of fused-ring (bicyclic) bond motifs is 2. The van der Waals surface area contributed by atoms with Gasteiger partial charge in [0, 0.05) is 41.6 Å². The number of benzene rings is 1. The van der Waals surface area contributed by atoms with Crippen molar-refractivity contribution in [3.8, 4) is 22.5 Å². The Kier molecular flexibility index (Phi) is 6.08. The lowest BCUT2D eigenvalue weighted by atomic mass is 9.98. The van der Waals surface area contributed by atoms with Crippen molar-refractivity contribution in [2.45, 2.75) is 52.7 Å². The number of H-pyrrole nitrogens is 1. The van der Waals surface area contributed by atoms with Gasteiger partial charge in [-0.1, -0.05) is 32.9 Å². The zero-order chi connectivity index (χ0) is 26.4. The van der Waals surface area contributed by atoms with E-state index in [-0.39, 0.29) is 11.3 Å². The van der Waals surface area contributed by atoms with Crippen LogP contribution in [0.4, 0.5) is 0 Å². The maximum atomic E-state index is 12.7. The lowest BCUT2D eigenvalue weighted by Gasteiger charge is -2.15. The number of aromatic amines is 1. The summed E-state index contributed by atoms with van der Waals surface area (Å²) in [6, 6.07) is 8.34. The first-order valence-corrected chi connectivity index (χ1v) is 13.5. The first-order valence-electron chi connectivity index (χ1n) is 12.7. The van der Waals surface area contributed by atoms with E-state index < -0.39 is 0 Å². The molecule has 3 N–H and O–H groups in total. The first kappa shape index (κ1) is 24.4. The van der Waals surface area contributed by atoms with Crippen molar-refractivity contribution in [2.75, 3.05) is 6.54 Å². The second kappa shape index (κ2) is 9.45. The summed E-state index contributed by atoms with van der Waals surface area (Å²) in [4.78, 5) is 30.3. The summed E-state index contributed by atoms with van der Waals surface area (Å²) < 4.78 is 2.06. The van der Waals surface area contributed by atoms with Crippen LogP contribution in [0.15, 0.2) is 43.0 Å². The lowest BCUT2D eigenvalue weighted by molar-refractivity contribution is 0.0954. The lowest BCUT2D eigenvalue weighted by Crippen LogP contribution is -2.28. The van der Waals surface area contributed by atoms with Gasteiger partial charge in [0.25, 0.3) is 5.91 Å². The maximum Gasteiger partial charge on any atom is 0.263 e. The van der Waals surface area contributed by atoms with Gasteiger partial charge >= 0.3 is 0 Å². The van der Waals surface area contributed by atoms with Gasteiger partial charge in [0.1, 0.15) is 16.9 Å². The number of thiazole rings is 1. The van der Waals surface area contributed by atoms with Crippen molar-refractivity contribution in [1.82, 2.24) is 40.3 Å². The van der Waals surface area contributed by atoms with Crippen LogP contribution < -0.4 is 10.6 Å². The van der Waals surface area contributed by atoms with Crippen molar-refractivity contribution in [3.05, 3.63) is 69.7 Å². The van der Waals surface area contributed by atoms with Crippen LogP contribution in [0.2, 0.25) is 0 Å². The van der Waals surface area contributed by atoms with E-state index in [1.165, 1.54) is 17.0 Å². The van der Waals surface area contributed by atoms with Gasteiger partial charge in [-0.25, -0.2) is 15.0 Å². The van der Waals surface area contributed by atoms with Crippen molar-refractivity contribution in [2.24, 2.45) is 0 Å². The number of carbonyl (C=O) groups excluding carboxylic acids is 1. The number of aromatic nitrogens is 6. The van der Waals surface area contributed by atoms with Gasteiger partial charge in [0.05, 0.1) is 41.0 Å². The SMILES string of the molecule is Cc1cc(-c2ncnc3[nH]c(-c4cnn5c4CNCC5)cc23)ccc1CNC(=O)c1cnc(C(C)(C)C)s1. The van der Waals surface area contributed by atoms with Crippen molar-refractivity contribution in [3.63, 3.8) is 0 Å². The van der Waals surface area contributed by atoms with E-state index in [1.807, 2.05) is 6.20 Å². The van der Waals surface area contributed by atoms with Crippen molar-refractivity contribution >= 4 is 28.3 Å². The Labute approximate surface area is 224 Å². The third-order valence-electron chi connectivity index (χ3n) is 6.88. The predicted octanol–water partition coefficient (Wildman–Crippen LogP) is 4.58. The summed E-state index contributed by atoms with van der Waals surface area (Å²) >= 11 is 1.45. The maximum absolute atomic E-state index is 12.7. The van der Waals surface area contributed by atoms with Crippen molar-refractivity contribution in [1.29, 1.82) is 0 Å². The van der Waals surface area contributed by atoms with Gasteiger partial charge in [0.15, 0.2) is 0 Å². The number of hydrogen-bond acceptors (Lipinski definition) is 7. The molecule has 0 aliphatic carbocycles. The molecule has 194 valence electrons. The summed E-state index contributed by atoms with van der Waals surface area (Å²) in [5, 5.41) is 12.9. The molecule has 0 spiro atoms. The van der Waals surface area contributed by atoms with Crippen LogP contribution in [0.3, 0.4) is 0 Å². The Hall–Kier alpha value is -3.89. The molecule has 1 amide bonds. The molecule has 0 saturated carbocycles. The Morgan fingerprint density at radius 3 is 2.82 bits per heavy atom. The quantitative estimate of drug-likeness (QED) is 0.309. The molecule has 0 atom stereocenters. The van der Waals surface area contributed by atoms with E-state index in [2.05, 4.69) is 92.3 Å². The van der Waals surface area contributed by atoms with Crippen LogP contribution in [0, 0.1) is 6.92 Å². The highest BCUT2D eigenvalue weighted by molar-refractivity contribution is 7.13. The highest BCUT2D eigenvalue weighted by Crippen LogP contribution is 2.32. The zero-order valence-corrected chi connectivity index (χ0v) is 22.7. The molecule has 1 aliphatic heterocycles. The third kappa shape index (κ3) is 4.50. The normalized spacial score (nSPS) is 13.6. The second-order valence-corrected chi connectivity index (χ2v) is 11.7. The molecule has 4 aromatic heterocycles. The molecule has 10 heteroatoms. The third-order valence-corrected chi connectivity index (χ3v) is 8.31. The molecule has 9 nitrogen and oxygen atoms in total. The van der Waals surface area contributed by atoms with E-state index in [9.17, 15) is 4.79 Å². The monoisotopic (exact) mass is 526 g/mol. The van der Waals surface area contributed by atoms with Crippen LogP contribution in [0.25, 0.3) is 33.5 Å². The summed E-state index contributed by atoms with van der Waals surface area (Å²) in [6.45, 7) is 11.4. The van der Waals surface area contributed by atoms with Crippen LogP contribution >= 0.6 is 11.3 Å². The van der Waals surface area contributed by atoms with Crippen LogP contribution in [-0.4, -0.2) is 42.2 Å². The average Bonchev–Trinajstić information content (AvgIpc) is 3.65. The van der Waals surface area contributed by atoms with Gasteiger partial charge in [0.2, 0.25) is 0 Å². The van der Waals surface area contributed by atoms with Crippen LogP contribution in [0.1, 0.15) is 52.3 Å². The number of hydrogen-bond donors (Lipinski definition) is 3. The molecule has 6 rings (SSSR count). The molecule has 0 saturated heterocycles. The molecule has 0 unspecified atom stereocenters. The fourth-order valence-corrected chi connectivity index (χ4v) is 5.64. The Bertz CT molecular complexity index is 1660. The van der Waals surface area contributed by atoms with Gasteiger partial charge in [-0.2, -0.15) is 5.10 Å². The molecular formula is C28H30N8OS. The largest absolute Gasteiger partial charge is 0.347 e. The highest BCUT2D eigenvalue weighted by Gasteiger charge is 2.21. The summed E-state index contributed by atoms with van der Waals surface area (Å²) in [7, 11) is 0. The Morgan fingerprint density at radius 2 is 2.03 bits per heavy atom. The van der Waals surface area contributed by atoms with E-state index in [1.54, 1.807) is 12.5 Å². The van der Waals surface area contributed by atoms with E-state index in [0.717, 1.165) is 69.3 Å². The number of carbonyl (C=O) groups is 1. The van der Waals surface area contributed by atoms with Crippen molar-refractivity contribution < 1.29 is 4.79 Å². The molecule has 5 aromatic rings. The molecule has 1 aromatic carbocycles. The number of nitrogens with zero attached hydrogens (tertiary/aromatic N) is 5. The molecule has 0 bridgehead atoms. The van der Waals surface area contributed by atoms with Gasteiger partial charge in [-0.3, -0.25) is 9.48 Å². The highest BCUT2D eigenvalue weighted by atomic mass is 32.1. The minimum atomic E-state index is -0.101. The molecule has 0 fully saturated rings. The van der Waals surface area contributed by atoms with E-state index in [4.69, 9.17) is 0 Å². The number of nitrogens with one attached hydrogen (secondary N) is 3. The van der Waals surface area contributed by atoms with Gasteiger partial charge in [-0.15, -0.1) is 11.3 Å². The van der Waals surface area contributed by atoms with Crippen LogP contribution in [0.5, 0.6) is 0 Å². The fraction of sp³-hybridized carbons (Fsp3) is 0.321. The minimum Gasteiger partial charge on any atom is -0.347 e. The fourth-order valence-electron chi connectivity index (χ4n) is 4.75. The summed E-state index contributed by atoms with van der Waals surface area (Å²) in [6.07, 6.45) is 5.18. The van der Waals surface area contributed by atoms with E-state index >= 15 is 0 Å². The summed E-state index contributed by atoms with van der Waals surface area (Å²) in [5.74, 6) is -0.101. The Morgan fingerprint density at radius 1 is 1.16 bits per heavy atom. The van der Waals surface area contributed by atoms with Crippen LogP contribution in [-0.2, 0) is 25.0 Å². The molecule has 1 aliphatic rings. The standard InChI is InChI=1S/C28H30N8OS/c1-16-9-17(5-6-18(16)11-30-26(37)23-14-31-27(38-23)28(2,3)4)24-19-10-21(35-25(19)33-15-32-24)20-12-34-36-8-7-29-13-22(20)36/h5-6,9-10,12,14-15,29H,7-8,11,13H2,1-4H3,(H,30,37)(H,32,33,35). The number of aryl methyl sites for hydroxylation is 1. The zero-order valence-electron chi connectivity index (χ0n) is 21.9. The number of rotatable bonds is 5. The smallest absolute Gasteiger partial charge is 0.263 e. The molecule has 5 heterocycles. The van der Waals surface area contributed by atoms with Gasteiger partial charge < -0.3 is 15.6 Å².